The average Bonchev–Trinajstić information content (AvgIpc) is 2.44. The van der Waals surface area contributed by atoms with Crippen molar-refractivity contribution < 1.29 is 9.53 Å². The molecule has 0 atom stereocenters. The molecule has 1 aromatic rings. The van der Waals surface area contributed by atoms with Crippen LogP contribution in [0.15, 0.2) is 5.38 Å². The molecule has 0 amide bonds. The number of nitrogen functional groups attached to an aromatic ring is 1. The molecule has 90 valence electrons. The van der Waals surface area contributed by atoms with Gasteiger partial charge in [-0.3, -0.25) is 0 Å². The van der Waals surface area contributed by atoms with Crippen LogP contribution in [0.5, 0.6) is 0 Å². The fourth-order valence-corrected chi connectivity index (χ4v) is 2.44. The zero-order chi connectivity index (χ0) is 12.5. The normalized spacial score (nSPS) is 11.9. The molecular weight excluding hydrogens is 222 g/mol. The molecule has 16 heavy (non-hydrogen) atoms. The molecule has 4 heteroatoms. The lowest BCUT2D eigenvalue weighted by Gasteiger charge is -2.19. The number of nitrogens with two attached hydrogens (primary N) is 1. The molecule has 1 aromatic heterocycles. The van der Waals surface area contributed by atoms with Gasteiger partial charge in [-0.15, -0.1) is 11.3 Å². The van der Waals surface area contributed by atoms with Crippen LogP contribution in [0.4, 0.5) is 5.00 Å². The second-order valence-electron chi connectivity index (χ2n) is 5.09. The SMILES string of the molecule is CC(C)OC(=O)c1c(C(C)(C)C)csc1N. The Morgan fingerprint density at radius 3 is 2.44 bits per heavy atom. The summed E-state index contributed by atoms with van der Waals surface area (Å²) >= 11 is 1.39. The van der Waals surface area contributed by atoms with E-state index >= 15 is 0 Å². The van der Waals surface area contributed by atoms with E-state index in [2.05, 4.69) is 20.8 Å². The molecular formula is C12H19NO2S. The minimum Gasteiger partial charge on any atom is -0.459 e. The Balaban J connectivity index is 3.12. The minimum atomic E-state index is -0.321. The van der Waals surface area contributed by atoms with Gasteiger partial charge in [0.2, 0.25) is 0 Å². The van der Waals surface area contributed by atoms with Crippen LogP contribution in [0.3, 0.4) is 0 Å². The van der Waals surface area contributed by atoms with Crippen LogP contribution in [0.2, 0.25) is 0 Å². The van der Waals surface area contributed by atoms with Gasteiger partial charge in [-0.2, -0.15) is 0 Å². The van der Waals surface area contributed by atoms with E-state index in [4.69, 9.17) is 10.5 Å². The van der Waals surface area contributed by atoms with E-state index in [1.807, 2.05) is 19.2 Å². The molecule has 0 fully saturated rings. The maximum atomic E-state index is 11.9. The summed E-state index contributed by atoms with van der Waals surface area (Å²) < 4.78 is 5.20. The number of rotatable bonds is 2. The van der Waals surface area contributed by atoms with E-state index in [0.717, 1.165) is 5.56 Å². The number of ether oxygens (including phenoxy) is 1. The van der Waals surface area contributed by atoms with Gasteiger partial charge in [-0.25, -0.2) is 4.79 Å². The predicted molar refractivity (Wildman–Crippen MR) is 68.0 cm³/mol. The molecule has 1 rings (SSSR count). The minimum absolute atomic E-state index is 0.0978. The third-order valence-electron chi connectivity index (χ3n) is 2.17. The Hall–Kier alpha value is -1.03. The Kier molecular flexibility index (Phi) is 3.63. The Morgan fingerprint density at radius 2 is 2.00 bits per heavy atom. The third-order valence-corrected chi connectivity index (χ3v) is 2.99. The van der Waals surface area contributed by atoms with Crippen LogP contribution in [0.25, 0.3) is 0 Å². The highest BCUT2D eigenvalue weighted by molar-refractivity contribution is 7.14. The van der Waals surface area contributed by atoms with Gasteiger partial charge in [-0.05, 0) is 30.2 Å². The van der Waals surface area contributed by atoms with E-state index in [1.54, 1.807) is 0 Å². The molecule has 0 spiro atoms. The molecule has 2 N–H and O–H groups in total. The van der Waals surface area contributed by atoms with E-state index < -0.39 is 0 Å². The zero-order valence-electron chi connectivity index (χ0n) is 10.5. The molecule has 0 aliphatic heterocycles. The lowest BCUT2D eigenvalue weighted by Crippen LogP contribution is -2.19. The van der Waals surface area contributed by atoms with Crippen LogP contribution in [-0.2, 0) is 10.2 Å². The standard InChI is InChI=1S/C12H19NO2S/c1-7(2)15-11(14)9-8(12(3,4)5)6-16-10(9)13/h6-7H,13H2,1-5H3. The smallest absolute Gasteiger partial charge is 0.341 e. The summed E-state index contributed by atoms with van der Waals surface area (Å²) in [5.41, 5.74) is 7.23. The fraction of sp³-hybridized carbons (Fsp3) is 0.583. The summed E-state index contributed by atoms with van der Waals surface area (Å²) in [4.78, 5) is 11.9. The van der Waals surface area contributed by atoms with E-state index in [9.17, 15) is 4.79 Å². The number of hydrogen-bond donors (Lipinski definition) is 1. The van der Waals surface area contributed by atoms with Gasteiger partial charge in [-0.1, -0.05) is 20.8 Å². The molecule has 0 aliphatic carbocycles. The zero-order valence-corrected chi connectivity index (χ0v) is 11.3. The monoisotopic (exact) mass is 241 g/mol. The number of anilines is 1. The predicted octanol–water partition coefficient (Wildman–Crippen LogP) is 3.19. The third kappa shape index (κ3) is 2.76. The summed E-state index contributed by atoms with van der Waals surface area (Å²) in [6.45, 7) is 9.83. The molecule has 0 saturated carbocycles. The molecule has 0 aliphatic rings. The highest BCUT2D eigenvalue weighted by Gasteiger charge is 2.27. The summed E-state index contributed by atoms with van der Waals surface area (Å²) in [5, 5.41) is 2.47. The van der Waals surface area contributed by atoms with Crippen molar-refractivity contribution in [2.75, 3.05) is 5.73 Å². The number of thiophene rings is 1. The van der Waals surface area contributed by atoms with Crippen molar-refractivity contribution in [1.82, 2.24) is 0 Å². The largest absolute Gasteiger partial charge is 0.459 e. The fourth-order valence-electron chi connectivity index (χ4n) is 1.41. The number of esters is 1. The summed E-state index contributed by atoms with van der Waals surface area (Å²) in [6, 6.07) is 0. The number of carbonyl (C=O) groups excluding carboxylic acids is 1. The van der Waals surface area contributed by atoms with Crippen LogP contribution >= 0.6 is 11.3 Å². The van der Waals surface area contributed by atoms with Gasteiger partial charge in [0.15, 0.2) is 0 Å². The molecule has 0 bridgehead atoms. The topological polar surface area (TPSA) is 52.3 Å². The van der Waals surface area contributed by atoms with E-state index in [1.165, 1.54) is 11.3 Å². The van der Waals surface area contributed by atoms with E-state index in [0.29, 0.717) is 10.6 Å². The van der Waals surface area contributed by atoms with E-state index in [-0.39, 0.29) is 17.5 Å². The Bertz CT molecular complexity index is 388. The summed E-state index contributed by atoms with van der Waals surface area (Å²) in [6.07, 6.45) is -0.125. The molecule has 0 aromatic carbocycles. The molecule has 0 saturated heterocycles. The van der Waals surface area contributed by atoms with Gasteiger partial charge >= 0.3 is 5.97 Å². The second-order valence-corrected chi connectivity index (χ2v) is 6.00. The summed E-state index contributed by atoms with van der Waals surface area (Å²) in [7, 11) is 0. The van der Waals surface area contributed by atoms with Crippen LogP contribution in [0, 0.1) is 0 Å². The molecule has 3 nitrogen and oxygen atoms in total. The van der Waals surface area contributed by atoms with Crippen molar-refractivity contribution in [1.29, 1.82) is 0 Å². The van der Waals surface area contributed by atoms with Gasteiger partial charge in [0.25, 0.3) is 0 Å². The molecule has 0 unspecified atom stereocenters. The van der Waals surface area contributed by atoms with Crippen molar-refractivity contribution in [3.63, 3.8) is 0 Å². The van der Waals surface area contributed by atoms with Crippen molar-refractivity contribution in [3.8, 4) is 0 Å². The summed E-state index contributed by atoms with van der Waals surface area (Å²) in [5.74, 6) is -0.321. The van der Waals surface area contributed by atoms with Crippen molar-refractivity contribution in [2.24, 2.45) is 0 Å². The average molecular weight is 241 g/mol. The van der Waals surface area contributed by atoms with Crippen molar-refractivity contribution in [2.45, 2.75) is 46.1 Å². The first-order valence-corrected chi connectivity index (χ1v) is 6.20. The lowest BCUT2D eigenvalue weighted by molar-refractivity contribution is 0.0377. The second kappa shape index (κ2) is 4.45. The van der Waals surface area contributed by atoms with Gasteiger partial charge in [0.05, 0.1) is 11.7 Å². The van der Waals surface area contributed by atoms with Crippen LogP contribution < -0.4 is 5.73 Å². The quantitative estimate of drug-likeness (QED) is 0.809. The first kappa shape index (κ1) is 13.0. The first-order valence-electron chi connectivity index (χ1n) is 5.32. The molecule has 1 heterocycles. The maximum absolute atomic E-state index is 11.9. The van der Waals surface area contributed by atoms with Crippen LogP contribution in [-0.4, -0.2) is 12.1 Å². The van der Waals surface area contributed by atoms with Crippen LogP contribution in [0.1, 0.15) is 50.5 Å². The van der Waals surface area contributed by atoms with Gasteiger partial charge < -0.3 is 10.5 Å². The highest BCUT2D eigenvalue weighted by atomic mass is 32.1. The molecule has 0 radical (unpaired) electrons. The Labute approximate surface area is 101 Å². The van der Waals surface area contributed by atoms with Crippen molar-refractivity contribution >= 4 is 22.3 Å². The highest BCUT2D eigenvalue weighted by Crippen LogP contribution is 2.34. The van der Waals surface area contributed by atoms with Gasteiger partial charge in [0.1, 0.15) is 5.00 Å². The van der Waals surface area contributed by atoms with Crippen molar-refractivity contribution in [3.05, 3.63) is 16.5 Å². The number of hydrogen-bond acceptors (Lipinski definition) is 4. The maximum Gasteiger partial charge on any atom is 0.341 e. The number of carbonyl (C=O) groups is 1. The Morgan fingerprint density at radius 1 is 1.44 bits per heavy atom. The lowest BCUT2D eigenvalue weighted by atomic mass is 9.86. The van der Waals surface area contributed by atoms with Gasteiger partial charge in [0, 0.05) is 0 Å². The first-order chi connectivity index (χ1) is 7.23.